The Labute approximate surface area is 113 Å². The second-order valence-corrected chi connectivity index (χ2v) is 8.92. The third kappa shape index (κ3) is 3.38. The minimum absolute atomic E-state index is 0.280. The quantitative estimate of drug-likeness (QED) is 0.886. The molecule has 0 atom stereocenters. The van der Waals surface area contributed by atoms with Crippen LogP contribution in [0.15, 0.2) is 24.3 Å². The molecule has 1 N–H and O–H groups in total. The molecule has 106 valence electrons. The van der Waals surface area contributed by atoms with Gasteiger partial charge in [0.15, 0.2) is 14.9 Å². The van der Waals surface area contributed by atoms with Gasteiger partial charge in [-0.15, -0.1) is 0 Å². The van der Waals surface area contributed by atoms with Gasteiger partial charge in [0.1, 0.15) is 0 Å². The molecule has 0 unspecified atom stereocenters. The number of benzene rings is 1. The van der Waals surface area contributed by atoms with E-state index in [-0.39, 0.29) is 6.54 Å². The molecular formula is C11H16N2O4S2. The number of fused-ring (bicyclic) bond motifs is 1. The molecule has 0 fully saturated rings. The van der Waals surface area contributed by atoms with Crippen LogP contribution in [0, 0.1) is 0 Å². The molecule has 6 nitrogen and oxygen atoms in total. The molecule has 1 heterocycles. The summed E-state index contributed by atoms with van der Waals surface area (Å²) in [5.74, 6) is 0. The number of para-hydroxylation sites is 2. The van der Waals surface area contributed by atoms with Gasteiger partial charge in [0.25, 0.3) is 0 Å². The molecule has 0 amide bonds. The van der Waals surface area contributed by atoms with E-state index in [1.54, 1.807) is 24.3 Å². The highest BCUT2D eigenvalue weighted by Gasteiger charge is 2.29. The van der Waals surface area contributed by atoms with Crippen molar-refractivity contribution < 1.29 is 16.8 Å². The average molecular weight is 304 g/mol. The Kier molecular flexibility index (Phi) is 3.73. The van der Waals surface area contributed by atoms with Crippen LogP contribution in [0.4, 0.5) is 11.4 Å². The lowest BCUT2D eigenvalue weighted by Gasteiger charge is -2.23. The Hall–Kier alpha value is -1.28. The van der Waals surface area contributed by atoms with Gasteiger partial charge in [-0.3, -0.25) is 4.31 Å². The maximum absolute atomic E-state index is 12.2. The van der Waals surface area contributed by atoms with Gasteiger partial charge >= 0.3 is 0 Å². The summed E-state index contributed by atoms with van der Waals surface area (Å²) in [4.78, 5) is 0. The highest BCUT2D eigenvalue weighted by atomic mass is 32.3. The lowest BCUT2D eigenvalue weighted by Crippen LogP contribution is -2.35. The van der Waals surface area contributed by atoms with E-state index in [1.165, 1.54) is 4.31 Å². The molecule has 0 aromatic heterocycles. The normalized spacial score (nSPS) is 16.4. The molecular weight excluding hydrogens is 288 g/mol. The maximum atomic E-state index is 12.2. The summed E-state index contributed by atoms with van der Waals surface area (Å²) in [6, 6.07) is 6.99. The van der Waals surface area contributed by atoms with Crippen molar-refractivity contribution in [3.63, 3.8) is 0 Å². The first kappa shape index (κ1) is 14.1. The maximum Gasteiger partial charge on any atom is 0.249 e. The van der Waals surface area contributed by atoms with E-state index < -0.39 is 24.9 Å². The van der Waals surface area contributed by atoms with Gasteiger partial charge in [-0.1, -0.05) is 12.1 Å². The van der Waals surface area contributed by atoms with Crippen molar-refractivity contribution in [1.82, 2.24) is 0 Å². The predicted molar refractivity (Wildman–Crippen MR) is 75.5 cm³/mol. The van der Waals surface area contributed by atoms with Gasteiger partial charge in [-0.05, 0) is 18.6 Å². The number of hydrogen-bond donors (Lipinski definition) is 1. The molecule has 0 spiro atoms. The van der Waals surface area contributed by atoms with E-state index in [9.17, 15) is 16.8 Å². The summed E-state index contributed by atoms with van der Waals surface area (Å²) in [5.41, 5.74) is 1.21. The number of hydrogen-bond acceptors (Lipinski definition) is 5. The fourth-order valence-electron chi connectivity index (χ4n) is 2.03. The van der Waals surface area contributed by atoms with Crippen molar-refractivity contribution in [3.05, 3.63) is 24.3 Å². The van der Waals surface area contributed by atoms with Crippen molar-refractivity contribution >= 4 is 31.2 Å². The predicted octanol–water partition coefficient (Wildman–Crippen LogP) is 0.640. The molecule has 1 aromatic rings. The molecule has 0 aliphatic carbocycles. The first-order valence-corrected chi connectivity index (χ1v) is 9.48. The van der Waals surface area contributed by atoms with Crippen LogP contribution >= 0.6 is 0 Å². The van der Waals surface area contributed by atoms with Gasteiger partial charge in [-0.2, -0.15) is 0 Å². The first-order valence-electron chi connectivity index (χ1n) is 5.81. The number of sulfone groups is 1. The molecule has 0 saturated heterocycles. The number of nitrogens with one attached hydrogen (secondary N) is 1. The fourth-order valence-corrected chi connectivity index (χ4v) is 5.57. The van der Waals surface area contributed by atoms with Crippen LogP contribution in [0.5, 0.6) is 0 Å². The van der Waals surface area contributed by atoms with Gasteiger partial charge < -0.3 is 5.32 Å². The molecule has 19 heavy (non-hydrogen) atoms. The van der Waals surface area contributed by atoms with E-state index >= 15 is 0 Å². The SMILES string of the molecule is CS(=O)(=O)CS(=O)(=O)N1CCCNc2ccccc21. The van der Waals surface area contributed by atoms with Crippen LogP contribution in [0.2, 0.25) is 0 Å². The topological polar surface area (TPSA) is 83.5 Å². The number of rotatable bonds is 3. The minimum atomic E-state index is -3.87. The molecule has 1 aliphatic heterocycles. The van der Waals surface area contributed by atoms with Crippen LogP contribution in [-0.4, -0.2) is 41.3 Å². The van der Waals surface area contributed by atoms with Crippen molar-refractivity contribution in [2.24, 2.45) is 0 Å². The van der Waals surface area contributed by atoms with E-state index in [1.807, 2.05) is 0 Å². The Morgan fingerprint density at radius 1 is 1.21 bits per heavy atom. The summed E-state index contributed by atoms with van der Waals surface area (Å²) in [6.45, 7) is 0.934. The highest BCUT2D eigenvalue weighted by Crippen LogP contribution is 2.30. The minimum Gasteiger partial charge on any atom is -0.383 e. The summed E-state index contributed by atoms with van der Waals surface area (Å²) < 4.78 is 48.2. The van der Waals surface area contributed by atoms with Crippen molar-refractivity contribution in [1.29, 1.82) is 0 Å². The molecule has 0 bridgehead atoms. The lowest BCUT2D eigenvalue weighted by atomic mass is 10.2. The smallest absolute Gasteiger partial charge is 0.249 e. The fraction of sp³-hybridized carbons (Fsp3) is 0.455. The van der Waals surface area contributed by atoms with Crippen molar-refractivity contribution in [2.75, 3.05) is 34.1 Å². The van der Waals surface area contributed by atoms with Gasteiger partial charge in [0, 0.05) is 19.3 Å². The standard InChI is InChI=1S/C11H16N2O4S2/c1-18(14,15)9-19(16,17)13-8-4-7-12-10-5-2-3-6-11(10)13/h2-3,5-6,12H,4,7-9H2,1H3. The average Bonchev–Trinajstić information content (AvgIpc) is 2.47. The Balaban J connectivity index is 2.45. The number of anilines is 2. The zero-order chi connectivity index (χ0) is 14.1. The van der Waals surface area contributed by atoms with Gasteiger partial charge in [0.05, 0.1) is 11.4 Å². The highest BCUT2D eigenvalue weighted by molar-refractivity contribution is 8.08. The third-order valence-electron chi connectivity index (χ3n) is 2.72. The third-order valence-corrected chi connectivity index (χ3v) is 6.68. The van der Waals surface area contributed by atoms with Crippen molar-refractivity contribution in [3.8, 4) is 0 Å². The van der Waals surface area contributed by atoms with Crippen LogP contribution < -0.4 is 9.62 Å². The molecule has 1 aromatic carbocycles. The monoisotopic (exact) mass is 304 g/mol. The second-order valence-electron chi connectivity index (χ2n) is 4.53. The summed E-state index contributed by atoms with van der Waals surface area (Å²) in [5, 5.41) is 2.27. The van der Waals surface area contributed by atoms with Gasteiger partial charge in [0.2, 0.25) is 10.0 Å². The summed E-state index contributed by atoms with van der Waals surface area (Å²) >= 11 is 0. The van der Waals surface area contributed by atoms with Gasteiger partial charge in [-0.25, -0.2) is 16.8 Å². The van der Waals surface area contributed by atoms with Crippen LogP contribution in [0.25, 0.3) is 0 Å². The van der Waals surface area contributed by atoms with Crippen LogP contribution in [0.1, 0.15) is 6.42 Å². The van der Waals surface area contributed by atoms with Crippen molar-refractivity contribution in [2.45, 2.75) is 6.42 Å². The lowest BCUT2D eigenvalue weighted by molar-refractivity contribution is 0.587. The van der Waals surface area contributed by atoms with E-state index in [0.29, 0.717) is 24.3 Å². The largest absolute Gasteiger partial charge is 0.383 e. The van der Waals surface area contributed by atoms with E-state index in [4.69, 9.17) is 0 Å². The second kappa shape index (κ2) is 5.01. The molecule has 0 saturated carbocycles. The van der Waals surface area contributed by atoms with E-state index in [2.05, 4.69) is 5.32 Å². The zero-order valence-electron chi connectivity index (χ0n) is 10.5. The Morgan fingerprint density at radius 3 is 2.58 bits per heavy atom. The number of nitrogens with zero attached hydrogens (tertiary/aromatic N) is 1. The summed E-state index contributed by atoms with van der Waals surface area (Å²) in [6.07, 6.45) is 1.55. The van der Waals surface area contributed by atoms with Crippen LogP contribution in [0.3, 0.4) is 0 Å². The summed E-state index contributed by atoms with van der Waals surface area (Å²) in [7, 11) is -7.47. The molecule has 0 radical (unpaired) electrons. The Bertz CT molecular complexity index is 668. The Morgan fingerprint density at radius 2 is 1.89 bits per heavy atom. The van der Waals surface area contributed by atoms with E-state index in [0.717, 1.165) is 6.26 Å². The molecule has 2 rings (SSSR count). The first-order chi connectivity index (χ1) is 8.80. The number of sulfonamides is 1. The molecule has 8 heteroatoms. The molecule has 1 aliphatic rings. The zero-order valence-corrected chi connectivity index (χ0v) is 12.2. The van der Waals surface area contributed by atoms with Crippen LogP contribution in [-0.2, 0) is 19.9 Å².